The number of methoxy groups -OCH3 is 1. The predicted octanol–water partition coefficient (Wildman–Crippen LogP) is 8.27. The fourth-order valence-electron chi connectivity index (χ4n) is 4.32. The molecule has 174 valence electrons. The van der Waals surface area contributed by atoms with Gasteiger partial charge in [-0.25, -0.2) is 0 Å². The smallest absolute Gasteiger partial charge is 0.248 e. The SMILES string of the molecule is COc1cc2occ(-c3cccc4ccccc34)c2cc1/C(C)=C/C(=O)Nc1ccc(C)c(Cl)c1. The summed E-state index contributed by atoms with van der Waals surface area (Å²) in [5.41, 5.74) is 5.99. The second-order valence-corrected chi connectivity index (χ2v) is 8.91. The third kappa shape index (κ3) is 4.41. The number of carbonyl (C=O) groups excluding carboxylic acids is 1. The first kappa shape index (κ1) is 22.8. The highest BCUT2D eigenvalue weighted by molar-refractivity contribution is 6.31. The number of nitrogens with one attached hydrogen (secondary N) is 1. The average molecular weight is 482 g/mol. The Morgan fingerprint density at radius 1 is 0.971 bits per heavy atom. The fourth-order valence-corrected chi connectivity index (χ4v) is 4.50. The summed E-state index contributed by atoms with van der Waals surface area (Å²) in [6, 6.07) is 23.9. The number of ether oxygens (including phenoxy) is 1. The number of rotatable bonds is 5. The monoisotopic (exact) mass is 481 g/mol. The molecule has 0 radical (unpaired) electrons. The zero-order chi connectivity index (χ0) is 24.5. The van der Waals surface area contributed by atoms with Gasteiger partial charge in [-0.15, -0.1) is 0 Å². The van der Waals surface area contributed by atoms with Crippen LogP contribution in [0, 0.1) is 6.92 Å². The van der Waals surface area contributed by atoms with Gasteiger partial charge in [0.2, 0.25) is 5.91 Å². The summed E-state index contributed by atoms with van der Waals surface area (Å²) in [6.07, 6.45) is 3.34. The fraction of sp³-hybridized carbons (Fsp3) is 0.100. The molecule has 35 heavy (non-hydrogen) atoms. The number of aryl methyl sites for hydroxylation is 1. The van der Waals surface area contributed by atoms with Crippen LogP contribution in [0.25, 0.3) is 38.4 Å². The van der Waals surface area contributed by atoms with Crippen molar-refractivity contribution in [2.45, 2.75) is 13.8 Å². The van der Waals surface area contributed by atoms with Crippen LogP contribution < -0.4 is 10.1 Å². The topological polar surface area (TPSA) is 51.5 Å². The summed E-state index contributed by atoms with van der Waals surface area (Å²) < 4.78 is 11.6. The van der Waals surface area contributed by atoms with Crippen LogP contribution in [-0.2, 0) is 4.79 Å². The first-order chi connectivity index (χ1) is 16.9. The van der Waals surface area contributed by atoms with Gasteiger partial charge in [0.05, 0.1) is 13.4 Å². The Kier molecular flexibility index (Phi) is 6.06. The molecule has 1 aromatic heterocycles. The minimum Gasteiger partial charge on any atom is -0.496 e. The zero-order valence-corrected chi connectivity index (χ0v) is 20.4. The molecule has 0 spiro atoms. The van der Waals surface area contributed by atoms with E-state index < -0.39 is 0 Å². The Hall–Kier alpha value is -4.02. The van der Waals surface area contributed by atoms with Gasteiger partial charge in [0.15, 0.2) is 0 Å². The molecule has 0 aliphatic heterocycles. The van der Waals surface area contributed by atoms with E-state index in [0.29, 0.717) is 16.5 Å². The first-order valence-corrected chi connectivity index (χ1v) is 11.7. The lowest BCUT2D eigenvalue weighted by atomic mass is 9.96. The number of amides is 1. The molecule has 0 saturated heterocycles. The summed E-state index contributed by atoms with van der Waals surface area (Å²) in [4.78, 5) is 12.8. The quantitative estimate of drug-likeness (QED) is 0.257. The van der Waals surface area contributed by atoms with Gasteiger partial charge in [-0.3, -0.25) is 4.79 Å². The molecule has 0 saturated carbocycles. The second kappa shape index (κ2) is 9.32. The molecule has 0 bridgehead atoms. The highest BCUT2D eigenvalue weighted by Gasteiger charge is 2.16. The summed E-state index contributed by atoms with van der Waals surface area (Å²) in [7, 11) is 1.61. The lowest BCUT2D eigenvalue weighted by molar-refractivity contribution is -0.111. The van der Waals surface area contributed by atoms with Gasteiger partial charge in [0, 0.05) is 39.4 Å². The van der Waals surface area contributed by atoms with Crippen molar-refractivity contribution >= 4 is 50.5 Å². The van der Waals surface area contributed by atoms with Crippen LogP contribution in [-0.4, -0.2) is 13.0 Å². The number of carbonyl (C=O) groups is 1. The molecule has 4 aromatic carbocycles. The largest absolute Gasteiger partial charge is 0.496 e. The molecule has 0 fully saturated rings. The van der Waals surface area contributed by atoms with Crippen molar-refractivity contribution in [2.24, 2.45) is 0 Å². The second-order valence-electron chi connectivity index (χ2n) is 8.51. The van der Waals surface area contributed by atoms with E-state index in [4.69, 9.17) is 20.8 Å². The first-order valence-electron chi connectivity index (χ1n) is 11.3. The Bertz CT molecular complexity index is 1610. The molecule has 5 aromatic rings. The molecule has 0 atom stereocenters. The van der Waals surface area contributed by atoms with Gasteiger partial charge < -0.3 is 14.5 Å². The van der Waals surface area contributed by atoms with Gasteiger partial charge in [0.1, 0.15) is 11.3 Å². The molecule has 5 rings (SSSR count). The molecular formula is C30H24ClNO3. The van der Waals surface area contributed by atoms with Gasteiger partial charge in [-0.2, -0.15) is 0 Å². The van der Waals surface area contributed by atoms with Crippen LogP contribution in [0.5, 0.6) is 5.75 Å². The Balaban J connectivity index is 1.55. The molecule has 1 amide bonds. The maximum Gasteiger partial charge on any atom is 0.248 e. The van der Waals surface area contributed by atoms with Crippen LogP contribution >= 0.6 is 11.6 Å². The molecule has 4 nitrogen and oxygen atoms in total. The summed E-state index contributed by atoms with van der Waals surface area (Å²) >= 11 is 6.19. The number of hydrogen-bond donors (Lipinski definition) is 1. The minimum absolute atomic E-state index is 0.244. The standard InChI is InChI=1S/C30H24ClNO3/c1-18-11-12-21(14-27(18)31)32-30(33)13-19(2)24-15-25-26(17-35-29(25)16-28(24)34-3)23-10-6-8-20-7-4-5-9-22(20)23/h4-17H,1-3H3,(H,32,33)/b19-13+. The zero-order valence-electron chi connectivity index (χ0n) is 19.7. The van der Waals surface area contributed by atoms with E-state index in [1.165, 1.54) is 0 Å². The van der Waals surface area contributed by atoms with Crippen LogP contribution in [0.15, 0.2) is 89.6 Å². The van der Waals surface area contributed by atoms with Crippen molar-refractivity contribution in [3.05, 3.63) is 101 Å². The Morgan fingerprint density at radius 2 is 1.77 bits per heavy atom. The highest BCUT2D eigenvalue weighted by Crippen LogP contribution is 2.39. The van der Waals surface area contributed by atoms with E-state index >= 15 is 0 Å². The van der Waals surface area contributed by atoms with E-state index in [9.17, 15) is 4.79 Å². The molecule has 1 N–H and O–H groups in total. The third-order valence-electron chi connectivity index (χ3n) is 6.19. The Labute approximate surface area is 208 Å². The van der Waals surface area contributed by atoms with Crippen molar-refractivity contribution in [3.8, 4) is 16.9 Å². The molecular weight excluding hydrogens is 458 g/mol. The lowest BCUT2D eigenvalue weighted by Crippen LogP contribution is -2.08. The molecule has 0 aliphatic carbocycles. The maximum absolute atomic E-state index is 12.8. The van der Waals surface area contributed by atoms with Crippen molar-refractivity contribution in [1.29, 1.82) is 0 Å². The number of anilines is 1. The van der Waals surface area contributed by atoms with Crippen LogP contribution in [0.1, 0.15) is 18.1 Å². The summed E-state index contributed by atoms with van der Waals surface area (Å²) in [6.45, 7) is 3.81. The van der Waals surface area contributed by atoms with E-state index in [1.807, 2.05) is 56.3 Å². The number of furan rings is 1. The van der Waals surface area contributed by atoms with Crippen molar-refractivity contribution in [2.75, 3.05) is 12.4 Å². The third-order valence-corrected chi connectivity index (χ3v) is 6.59. The minimum atomic E-state index is -0.244. The van der Waals surface area contributed by atoms with Crippen molar-refractivity contribution < 1.29 is 13.9 Å². The van der Waals surface area contributed by atoms with Crippen molar-refractivity contribution in [3.63, 3.8) is 0 Å². The van der Waals surface area contributed by atoms with E-state index in [1.54, 1.807) is 25.5 Å². The Morgan fingerprint density at radius 3 is 2.57 bits per heavy atom. The van der Waals surface area contributed by atoms with Crippen LogP contribution in [0.3, 0.4) is 0 Å². The lowest BCUT2D eigenvalue weighted by Gasteiger charge is -2.11. The van der Waals surface area contributed by atoms with E-state index in [2.05, 4.69) is 29.6 Å². The summed E-state index contributed by atoms with van der Waals surface area (Å²) in [5.74, 6) is 0.391. The van der Waals surface area contributed by atoms with Crippen LogP contribution in [0.4, 0.5) is 5.69 Å². The van der Waals surface area contributed by atoms with E-state index in [-0.39, 0.29) is 5.91 Å². The van der Waals surface area contributed by atoms with Gasteiger partial charge >= 0.3 is 0 Å². The number of hydrogen-bond acceptors (Lipinski definition) is 3. The van der Waals surface area contributed by atoms with Crippen molar-refractivity contribution in [1.82, 2.24) is 0 Å². The van der Waals surface area contributed by atoms with Gasteiger partial charge in [0.25, 0.3) is 0 Å². The predicted molar refractivity (Wildman–Crippen MR) is 144 cm³/mol. The highest BCUT2D eigenvalue weighted by atomic mass is 35.5. The number of halogens is 1. The maximum atomic E-state index is 12.8. The normalized spacial score (nSPS) is 11.7. The number of allylic oxidation sites excluding steroid dienone is 1. The van der Waals surface area contributed by atoms with Crippen LogP contribution in [0.2, 0.25) is 5.02 Å². The molecule has 0 unspecified atom stereocenters. The molecule has 0 aliphatic rings. The number of benzene rings is 4. The van der Waals surface area contributed by atoms with E-state index in [0.717, 1.165) is 49.6 Å². The summed E-state index contributed by atoms with van der Waals surface area (Å²) in [5, 5.41) is 6.76. The van der Waals surface area contributed by atoms with Gasteiger partial charge in [-0.1, -0.05) is 60.1 Å². The number of fused-ring (bicyclic) bond motifs is 2. The molecule has 1 heterocycles. The molecule has 5 heteroatoms. The average Bonchev–Trinajstić information content (AvgIpc) is 3.27. The van der Waals surface area contributed by atoms with Gasteiger partial charge in [-0.05, 0) is 59.5 Å².